The van der Waals surface area contributed by atoms with Crippen molar-refractivity contribution < 1.29 is 4.79 Å². The fourth-order valence-electron chi connectivity index (χ4n) is 0.989. The van der Waals surface area contributed by atoms with Crippen molar-refractivity contribution in [1.29, 1.82) is 0 Å². The number of allylic oxidation sites excluding steroid dienone is 1. The van der Waals surface area contributed by atoms with Gasteiger partial charge in [0, 0.05) is 18.8 Å². The van der Waals surface area contributed by atoms with Gasteiger partial charge in [-0.3, -0.25) is 9.48 Å². The molecule has 1 aromatic heterocycles. The summed E-state index contributed by atoms with van der Waals surface area (Å²) in [6.45, 7) is 3.45. The number of aromatic nitrogens is 2. The van der Waals surface area contributed by atoms with E-state index in [1.54, 1.807) is 16.8 Å². The molecule has 3 heteroatoms. The second kappa shape index (κ2) is 3.34. The van der Waals surface area contributed by atoms with E-state index in [-0.39, 0.29) is 5.78 Å². The minimum atomic E-state index is 0.0539. The molecule has 12 heavy (non-hydrogen) atoms. The monoisotopic (exact) mass is 164 g/mol. The van der Waals surface area contributed by atoms with Gasteiger partial charge in [0.2, 0.25) is 0 Å². The zero-order chi connectivity index (χ0) is 9.14. The van der Waals surface area contributed by atoms with E-state index in [4.69, 9.17) is 0 Å². The Hall–Kier alpha value is -1.38. The van der Waals surface area contributed by atoms with Crippen molar-refractivity contribution in [3.05, 3.63) is 23.5 Å². The van der Waals surface area contributed by atoms with Crippen LogP contribution < -0.4 is 0 Å². The van der Waals surface area contributed by atoms with E-state index in [1.807, 2.05) is 20.2 Å². The lowest BCUT2D eigenvalue weighted by atomic mass is 10.2. The summed E-state index contributed by atoms with van der Waals surface area (Å²) < 4.78 is 1.73. The Bertz CT molecular complexity index is 323. The van der Waals surface area contributed by atoms with Crippen molar-refractivity contribution in [2.45, 2.75) is 13.8 Å². The van der Waals surface area contributed by atoms with E-state index in [0.717, 1.165) is 11.3 Å². The predicted molar refractivity (Wildman–Crippen MR) is 47.7 cm³/mol. The number of nitrogens with zero attached hydrogens (tertiary/aromatic N) is 2. The summed E-state index contributed by atoms with van der Waals surface area (Å²) in [7, 11) is 1.86. The zero-order valence-electron chi connectivity index (χ0n) is 7.53. The van der Waals surface area contributed by atoms with Crippen molar-refractivity contribution in [1.82, 2.24) is 9.78 Å². The maximum atomic E-state index is 10.6. The van der Waals surface area contributed by atoms with Gasteiger partial charge in [0.05, 0.1) is 5.69 Å². The predicted octanol–water partition coefficient (Wildman–Crippen LogP) is 1.33. The topological polar surface area (TPSA) is 34.9 Å². The lowest BCUT2D eigenvalue weighted by molar-refractivity contribution is -0.112. The molecule has 0 aliphatic heterocycles. The molecule has 0 unspecified atom stereocenters. The molecule has 0 aliphatic rings. The Morgan fingerprint density at radius 3 is 2.75 bits per heavy atom. The van der Waals surface area contributed by atoms with Gasteiger partial charge < -0.3 is 0 Å². The van der Waals surface area contributed by atoms with Gasteiger partial charge in [0.15, 0.2) is 5.78 Å². The molecule has 0 saturated carbocycles. The van der Waals surface area contributed by atoms with E-state index >= 15 is 0 Å². The molecule has 1 rings (SSSR count). The fraction of sp³-hybridized carbons (Fsp3) is 0.333. The Morgan fingerprint density at radius 1 is 1.67 bits per heavy atom. The molecule has 1 heterocycles. The first kappa shape index (κ1) is 8.71. The smallest absolute Gasteiger partial charge is 0.152 e. The molecule has 64 valence electrons. The second-order valence-electron chi connectivity index (χ2n) is 2.79. The molecule has 0 aromatic carbocycles. The standard InChI is InChI=1S/C9H12N2O/c1-7(12)4-5-9-6-11(3)10-8(9)2/h4-6H,1-3H3. The molecule has 0 aliphatic carbocycles. The van der Waals surface area contributed by atoms with Gasteiger partial charge in [-0.1, -0.05) is 0 Å². The minimum Gasteiger partial charge on any atom is -0.295 e. The summed E-state index contributed by atoms with van der Waals surface area (Å²) in [5.74, 6) is 0.0539. The third kappa shape index (κ3) is 2.05. The van der Waals surface area contributed by atoms with Crippen LogP contribution in [-0.2, 0) is 11.8 Å². The van der Waals surface area contributed by atoms with E-state index in [2.05, 4.69) is 5.10 Å². The van der Waals surface area contributed by atoms with Gasteiger partial charge in [0.25, 0.3) is 0 Å². The van der Waals surface area contributed by atoms with Crippen LogP contribution in [0.5, 0.6) is 0 Å². The van der Waals surface area contributed by atoms with Crippen LogP contribution in [0.1, 0.15) is 18.2 Å². The lowest BCUT2D eigenvalue weighted by Crippen LogP contribution is -1.86. The van der Waals surface area contributed by atoms with Gasteiger partial charge in [0.1, 0.15) is 0 Å². The molecular weight excluding hydrogens is 152 g/mol. The van der Waals surface area contributed by atoms with Crippen LogP contribution >= 0.6 is 0 Å². The summed E-state index contributed by atoms with van der Waals surface area (Å²) in [5.41, 5.74) is 1.93. The summed E-state index contributed by atoms with van der Waals surface area (Å²) in [5, 5.41) is 4.14. The maximum absolute atomic E-state index is 10.6. The number of aryl methyl sites for hydroxylation is 2. The number of carbonyl (C=O) groups excluding carboxylic acids is 1. The average molecular weight is 164 g/mol. The number of hydrogen-bond acceptors (Lipinski definition) is 2. The Morgan fingerprint density at radius 2 is 2.33 bits per heavy atom. The van der Waals surface area contributed by atoms with Gasteiger partial charge in [-0.15, -0.1) is 0 Å². The Labute approximate surface area is 71.7 Å². The summed E-state index contributed by atoms with van der Waals surface area (Å²) in [6, 6.07) is 0. The van der Waals surface area contributed by atoms with E-state index in [9.17, 15) is 4.79 Å². The van der Waals surface area contributed by atoms with Crippen molar-refractivity contribution in [2.75, 3.05) is 0 Å². The van der Waals surface area contributed by atoms with E-state index in [0.29, 0.717) is 0 Å². The molecule has 0 radical (unpaired) electrons. The highest BCUT2D eigenvalue weighted by Gasteiger charge is 1.97. The number of hydrogen-bond donors (Lipinski definition) is 0. The van der Waals surface area contributed by atoms with Crippen LogP contribution in [0.15, 0.2) is 12.3 Å². The first-order valence-electron chi connectivity index (χ1n) is 3.78. The normalized spacial score (nSPS) is 10.9. The quantitative estimate of drug-likeness (QED) is 0.618. The number of carbonyl (C=O) groups is 1. The van der Waals surface area contributed by atoms with Gasteiger partial charge in [-0.25, -0.2) is 0 Å². The van der Waals surface area contributed by atoms with Crippen LogP contribution in [0.3, 0.4) is 0 Å². The third-order valence-corrected chi connectivity index (χ3v) is 1.55. The first-order valence-corrected chi connectivity index (χ1v) is 3.78. The van der Waals surface area contributed by atoms with Gasteiger partial charge >= 0.3 is 0 Å². The third-order valence-electron chi connectivity index (χ3n) is 1.55. The summed E-state index contributed by atoms with van der Waals surface area (Å²) in [6.07, 6.45) is 5.21. The van der Waals surface area contributed by atoms with Crippen molar-refractivity contribution >= 4 is 11.9 Å². The summed E-state index contributed by atoms with van der Waals surface area (Å²) >= 11 is 0. The SMILES string of the molecule is CC(=O)C=Cc1cn(C)nc1C. The highest BCUT2D eigenvalue weighted by molar-refractivity contribution is 5.91. The lowest BCUT2D eigenvalue weighted by Gasteiger charge is -1.84. The van der Waals surface area contributed by atoms with Gasteiger partial charge in [-0.05, 0) is 26.0 Å². The van der Waals surface area contributed by atoms with Crippen LogP contribution in [-0.4, -0.2) is 15.6 Å². The highest BCUT2D eigenvalue weighted by Crippen LogP contribution is 2.06. The molecule has 0 N–H and O–H groups in total. The van der Waals surface area contributed by atoms with Gasteiger partial charge in [-0.2, -0.15) is 5.10 Å². The highest BCUT2D eigenvalue weighted by atomic mass is 16.1. The maximum Gasteiger partial charge on any atom is 0.152 e. The molecular formula is C9H12N2O. The molecule has 0 atom stereocenters. The molecule has 1 aromatic rings. The van der Waals surface area contributed by atoms with Crippen LogP contribution in [0.25, 0.3) is 6.08 Å². The molecule has 0 fully saturated rings. The number of ketones is 1. The fourth-order valence-corrected chi connectivity index (χ4v) is 0.989. The zero-order valence-corrected chi connectivity index (χ0v) is 7.53. The van der Waals surface area contributed by atoms with Crippen molar-refractivity contribution in [3.63, 3.8) is 0 Å². The largest absolute Gasteiger partial charge is 0.295 e. The Balaban J connectivity index is 2.89. The van der Waals surface area contributed by atoms with Crippen molar-refractivity contribution in [3.8, 4) is 0 Å². The minimum absolute atomic E-state index is 0.0539. The van der Waals surface area contributed by atoms with Crippen LogP contribution in [0.4, 0.5) is 0 Å². The van der Waals surface area contributed by atoms with E-state index in [1.165, 1.54) is 6.92 Å². The second-order valence-corrected chi connectivity index (χ2v) is 2.79. The van der Waals surface area contributed by atoms with E-state index < -0.39 is 0 Å². The average Bonchev–Trinajstić information content (AvgIpc) is 2.26. The van der Waals surface area contributed by atoms with Crippen LogP contribution in [0, 0.1) is 6.92 Å². The molecule has 0 bridgehead atoms. The molecule has 3 nitrogen and oxygen atoms in total. The Kier molecular flexibility index (Phi) is 2.43. The number of rotatable bonds is 2. The summed E-state index contributed by atoms with van der Waals surface area (Å²) in [4.78, 5) is 10.6. The molecule has 0 saturated heterocycles. The molecule has 0 spiro atoms. The van der Waals surface area contributed by atoms with Crippen LogP contribution in [0.2, 0.25) is 0 Å². The first-order chi connectivity index (χ1) is 5.59. The molecule has 0 amide bonds. The van der Waals surface area contributed by atoms with Crippen molar-refractivity contribution in [2.24, 2.45) is 7.05 Å².